The van der Waals surface area contributed by atoms with Gasteiger partial charge in [0.05, 0.1) is 6.04 Å². The van der Waals surface area contributed by atoms with Gasteiger partial charge in [0.15, 0.2) is 0 Å². The van der Waals surface area contributed by atoms with Crippen molar-refractivity contribution in [2.75, 3.05) is 19.6 Å². The highest BCUT2D eigenvalue weighted by atomic mass is 16.6. The number of alkyl carbamates (subject to hydrolysis) is 1. The average Bonchev–Trinajstić information content (AvgIpc) is 2.57. The highest BCUT2D eigenvalue weighted by Gasteiger charge is 2.23. The Balaban J connectivity index is 2.67. The molecule has 0 bridgehead atoms. The molecule has 0 aliphatic rings. The summed E-state index contributed by atoms with van der Waals surface area (Å²) < 4.78 is 5.19. The van der Waals surface area contributed by atoms with Gasteiger partial charge in [-0.1, -0.05) is 44.2 Å². The quantitative estimate of drug-likeness (QED) is 0.744. The molecule has 1 unspecified atom stereocenters. The smallest absolute Gasteiger partial charge is 0.408 e. The van der Waals surface area contributed by atoms with E-state index in [0.29, 0.717) is 6.54 Å². The molecule has 1 aromatic rings. The van der Waals surface area contributed by atoms with Crippen molar-refractivity contribution in [2.45, 2.75) is 59.2 Å². The van der Waals surface area contributed by atoms with Gasteiger partial charge in [-0.05, 0) is 46.3 Å². The molecule has 26 heavy (non-hydrogen) atoms. The third kappa shape index (κ3) is 7.44. The first-order valence-electron chi connectivity index (χ1n) is 9.24. The van der Waals surface area contributed by atoms with Gasteiger partial charge in [-0.2, -0.15) is 0 Å². The minimum atomic E-state index is -0.669. The van der Waals surface area contributed by atoms with Gasteiger partial charge in [-0.3, -0.25) is 9.69 Å². The van der Waals surface area contributed by atoms with Crippen molar-refractivity contribution in [3.63, 3.8) is 0 Å². The van der Waals surface area contributed by atoms with Crippen LogP contribution in [0.2, 0.25) is 0 Å². The van der Waals surface area contributed by atoms with Crippen LogP contribution in [0.1, 0.15) is 53.1 Å². The van der Waals surface area contributed by atoms with E-state index in [4.69, 9.17) is 4.74 Å². The lowest BCUT2D eigenvalue weighted by atomic mass is 10.0. The standard InChI is InChI=1S/C20H33N3O3/c1-7-23(8-2)17(16-12-10-9-11-13-16)14-21-18(24)15(3)22-19(25)26-20(4,5)6/h9-13,15,17H,7-8,14H2,1-6H3,(H,21,24)(H,22,25)/t15-,17?/m1/s1. The second-order valence-corrected chi connectivity index (χ2v) is 7.26. The molecular formula is C20H33N3O3. The summed E-state index contributed by atoms with van der Waals surface area (Å²) in [6.07, 6.45) is -0.594. The molecule has 1 rings (SSSR count). The largest absolute Gasteiger partial charge is 0.444 e. The van der Waals surface area contributed by atoms with Gasteiger partial charge < -0.3 is 15.4 Å². The van der Waals surface area contributed by atoms with E-state index < -0.39 is 17.7 Å². The van der Waals surface area contributed by atoms with Gasteiger partial charge in [-0.15, -0.1) is 0 Å². The van der Waals surface area contributed by atoms with Crippen molar-refractivity contribution in [1.82, 2.24) is 15.5 Å². The lowest BCUT2D eigenvalue weighted by Gasteiger charge is -2.30. The van der Waals surface area contributed by atoms with Gasteiger partial charge in [-0.25, -0.2) is 4.79 Å². The van der Waals surface area contributed by atoms with E-state index in [1.807, 2.05) is 18.2 Å². The monoisotopic (exact) mass is 363 g/mol. The molecular weight excluding hydrogens is 330 g/mol. The first-order valence-corrected chi connectivity index (χ1v) is 9.24. The number of rotatable bonds is 8. The molecule has 0 spiro atoms. The van der Waals surface area contributed by atoms with E-state index in [9.17, 15) is 9.59 Å². The minimum Gasteiger partial charge on any atom is -0.444 e. The Morgan fingerprint density at radius 1 is 1.12 bits per heavy atom. The summed E-state index contributed by atoms with van der Waals surface area (Å²) in [5.41, 5.74) is 0.561. The van der Waals surface area contributed by atoms with E-state index in [2.05, 4.69) is 41.5 Å². The van der Waals surface area contributed by atoms with Crippen LogP contribution in [-0.4, -0.2) is 48.2 Å². The Labute approximate surface area is 157 Å². The number of benzene rings is 1. The highest BCUT2D eigenvalue weighted by Crippen LogP contribution is 2.19. The van der Waals surface area contributed by atoms with Crippen LogP contribution in [0.3, 0.4) is 0 Å². The topological polar surface area (TPSA) is 70.7 Å². The molecule has 0 aliphatic heterocycles. The number of nitrogens with one attached hydrogen (secondary N) is 2. The zero-order valence-corrected chi connectivity index (χ0v) is 16.8. The average molecular weight is 364 g/mol. The van der Waals surface area contributed by atoms with Crippen LogP contribution in [0.15, 0.2) is 30.3 Å². The van der Waals surface area contributed by atoms with E-state index in [0.717, 1.165) is 18.7 Å². The van der Waals surface area contributed by atoms with E-state index in [1.165, 1.54) is 0 Å². The molecule has 0 saturated carbocycles. The summed E-state index contributed by atoms with van der Waals surface area (Å²) in [6.45, 7) is 13.5. The van der Waals surface area contributed by atoms with Crippen LogP contribution in [0.4, 0.5) is 4.79 Å². The molecule has 0 aliphatic carbocycles. The molecule has 2 atom stereocenters. The summed E-state index contributed by atoms with van der Waals surface area (Å²) >= 11 is 0. The zero-order valence-electron chi connectivity index (χ0n) is 16.8. The molecule has 6 heteroatoms. The molecule has 0 aromatic heterocycles. The van der Waals surface area contributed by atoms with Crippen LogP contribution in [0, 0.1) is 0 Å². The van der Waals surface area contributed by atoms with Crippen molar-refractivity contribution in [2.24, 2.45) is 0 Å². The van der Waals surface area contributed by atoms with Crippen molar-refractivity contribution < 1.29 is 14.3 Å². The molecule has 146 valence electrons. The summed E-state index contributed by atoms with van der Waals surface area (Å²) in [6, 6.07) is 9.53. The Morgan fingerprint density at radius 3 is 2.19 bits per heavy atom. The molecule has 1 aromatic carbocycles. The fourth-order valence-corrected chi connectivity index (χ4v) is 2.70. The first kappa shape index (κ1) is 22.0. The van der Waals surface area contributed by atoms with Gasteiger partial charge >= 0.3 is 6.09 Å². The third-order valence-corrected chi connectivity index (χ3v) is 4.03. The Kier molecular flexibility index (Phi) is 8.58. The minimum absolute atomic E-state index is 0.0869. The lowest BCUT2D eigenvalue weighted by molar-refractivity contribution is -0.123. The molecule has 0 heterocycles. The van der Waals surface area contributed by atoms with Crippen LogP contribution < -0.4 is 10.6 Å². The van der Waals surface area contributed by atoms with Crippen molar-refractivity contribution in [1.29, 1.82) is 0 Å². The normalized spacial score (nSPS) is 13.8. The number of carbonyl (C=O) groups is 2. The maximum absolute atomic E-state index is 12.4. The lowest BCUT2D eigenvalue weighted by Crippen LogP contribution is -2.48. The van der Waals surface area contributed by atoms with Crippen LogP contribution in [-0.2, 0) is 9.53 Å². The Bertz CT molecular complexity index is 565. The first-order chi connectivity index (χ1) is 12.2. The third-order valence-electron chi connectivity index (χ3n) is 4.03. The predicted molar refractivity (Wildman–Crippen MR) is 104 cm³/mol. The van der Waals surface area contributed by atoms with Crippen molar-refractivity contribution in [3.8, 4) is 0 Å². The van der Waals surface area contributed by atoms with E-state index >= 15 is 0 Å². The molecule has 6 nitrogen and oxygen atoms in total. The van der Waals surface area contributed by atoms with Crippen LogP contribution in [0.25, 0.3) is 0 Å². The summed E-state index contributed by atoms with van der Waals surface area (Å²) in [4.78, 5) is 26.5. The maximum atomic E-state index is 12.4. The van der Waals surface area contributed by atoms with Gasteiger partial charge in [0.2, 0.25) is 5.91 Å². The molecule has 2 N–H and O–H groups in total. The number of hydrogen-bond donors (Lipinski definition) is 2. The number of ether oxygens (including phenoxy) is 1. The van der Waals surface area contributed by atoms with Crippen molar-refractivity contribution in [3.05, 3.63) is 35.9 Å². The van der Waals surface area contributed by atoms with Gasteiger partial charge in [0.25, 0.3) is 0 Å². The summed E-state index contributed by atoms with van der Waals surface area (Å²) in [5.74, 6) is -0.232. The second-order valence-electron chi connectivity index (χ2n) is 7.26. The molecule has 0 saturated heterocycles. The number of nitrogens with zero attached hydrogens (tertiary/aromatic N) is 1. The highest BCUT2D eigenvalue weighted by molar-refractivity contribution is 5.85. The SMILES string of the molecule is CCN(CC)C(CNC(=O)[C@@H](C)NC(=O)OC(C)(C)C)c1ccccc1. The second kappa shape index (κ2) is 10.2. The Morgan fingerprint density at radius 2 is 1.69 bits per heavy atom. The Hall–Kier alpha value is -2.08. The number of carbonyl (C=O) groups excluding carboxylic acids is 2. The molecule has 2 amide bonds. The van der Waals surface area contributed by atoms with Crippen LogP contribution >= 0.6 is 0 Å². The number of likely N-dealkylation sites (N-methyl/N-ethyl adjacent to an activating group) is 1. The van der Waals surface area contributed by atoms with Gasteiger partial charge in [0, 0.05) is 6.54 Å². The number of hydrogen-bond acceptors (Lipinski definition) is 4. The predicted octanol–water partition coefficient (Wildman–Crippen LogP) is 3.10. The molecule has 0 radical (unpaired) electrons. The molecule has 0 fully saturated rings. The van der Waals surface area contributed by atoms with Crippen LogP contribution in [0.5, 0.6) is 0 Å². The summed E-state index contributed by atoms with van der Waals surface area (Å²) in [7, 11) is 0. The van der Waals surface area contributed by atoms with E-state index in [-0.39, 0.29) is 11.9 Å². The summed E-state index contributed by atoms with van der Waals surface area (Å²) in [5, 5.41) is 5.52. The van der Waals surface area contributed by atoms with Gasteiger partial charge in [0.1, 0.15) is 11.6 Å². The number of amides is 2. The maximum Gasteiger partial charge on any atom is 0.408 e. The zero-order chi connectivity index (χ0) is 19.7. The van der Waals surface area contributed by atoms with Crippen molar-refractivity contribution >= 4 is 12.0 Å². The fourth-order valence-electron chi connectivity index (χ4n) is 2.70. The fraction of sp³-hybridized carbons (Fsp3) is 0.600. The van der Waals surface area contributed by atoms with E-state index in [1.54, 1.807) is 27.7 Å².